The number of allylic oxidation sites excluding steroid dienone is 2. The van der Waals surface area contributed by atoms with E-state index >= 15 is 0 Å². The van der Waals surface area contributed by atoms with E-state index in [0.717, 1.165) is 5.82 Å². The van der Waals surface area contributed by atoms with Crippen LogP contribution in [0.4, 0.5) is 0 Å². The Bertz CT molecular complexity index is 242. The SMILES string of the molecule is CC(C)NC1=CC=C=NC=N1. The summed E-state index contributed by atoms with van der Waals surface area (Å²) >= 11 is 0. The Hall–Kier alpha value is -1.34. The number of hydrogen-bond acceptors (Lipinski definition) is 3. The van der Waals surface area contributed by atoms with Crippen LogP contribution < -0.4 is 5.32 Å². The highest BCUT2D eigenvalue weighted by Crippen LogP contribution is 1.94. The summed E-state index contributed by atoms with van der Waals surface area (Å²) in [6.45, 7) is 4.12. The van der Waals surface area contributed by atoms with Crippen molar-refractivity contribution in [2.75, 3.05) is 0 Å². The van der Waals surface area contributed by atoms with Gasteiger partial charge in [-0.2, -0.15) is 4.99 Å². The molecule has 1 rings (SSSR count). The van der Waals surface area contributed by atoms with E-state index in [0.29, 0.717) is 6.04 Å². The predicted molar refractivity (Wildman–Crippen MR) is 46.9 cm³/mol. The molecule has 3 nitrogen and oxygen atoms in total. The topological polar surface area (TPSA) is 36.8 Å². The average molecular weight is 149 g/mol. The zero-order valence-corrected chi connectivity index (χ0v) is 6.70. The standard InChI is InChI=1S/C8H11N3/c1-7(2)11-8-4-3-5-9-6-10-8/h3-4,6-7,11H,1-2H3. The van der Waals surface area contributed by atoms with Crippen LogP contribution in [0.1, 0.15) is 13.8 Å². The van der Waals surface area contributed by atoms with Gasteiger partial charge in [0.1, 0.15) is 12.2 Å². The van der Waals surface area contributed by atoms with E-state index in [9.17, 15) is 0 Å². The summed E-state index contributed by atoms with van der Waals surface area (Å²) in [7, 11) is 0. The van der Waals surface area contributed by atoms with Crippen LogP contribution in [-0.4, -0.2) is 18.3 Å². The fourth-order valence-electron chi connectivity index (χ4n) is 0.708. The third kappa shape index (κ3) is 2.83. The zero-order chi connectivity index (χ0) is 8.10. The first-order valence-electron chi connectivity index (χ1n) is 3.57. The average Bonchev–Trinajstić information content (AvgIpc) is 2.14. The molecule has 3 heteroatoms. The first kappa shape index (κ1) is 7.76. The number of nitrogens with one attached hydrogen (secondary N) is 1. The monoisotopic (exact) mass is 149 g/mol. The van der Waals surface area contributed by atoms with Crippen LogP contribution in [0.5, 0.6) is 0 Å². The molecule has 0 aromatic heterocycles. The smallest absolute Gasteiger partial charge is 0.128 e. The summed E-state index contributed by atoms with van der Waals surface area (Å²) in [5, 5.41) is 3.15. The maximum atomic E-state index is 4.03. The van der Waals surface area contributed by atoms with Gasteiger partial charge in [0.25, 0.3) is 0 Å². The van der Waals surface area contributed by atoms with Crippen molar-refractivity contribution in [1.29, 1.82) is 0 Å². The van der Waals surface area contributed by atoms with Crippen molar-refractivity contribution < 1.29 is 0 Å². The van der Waals surface area contributed by atoms with Gasteiger partial charge >= 0.3 is 0 Å². The molecule has 0 saturated carbocycles. The van der Waals surface area contributed by atoms with Gasteiger partial charge in [-0.25, -0.2) is 4.99 Å². The van der Waals surface area contributed by atoms with Crippen LogP contribution in [0.15, 0.2) is 28.0 Å². The fraction of sp³-hybridized carbons (Fsp3) is 0.375. The van der Waals surface area contributed by atoms with Crippen molar-refractivity contribution >= 4 is 12.2 Å². The Balaban J connectivity index is 2.60. The van der Waals surface area contributed by atoms with Crippen molar-refractivity contribution in [3.05, 3.63) is 18.0 Å². The van der Waals surface area contributed by atoms with E-state index in [2.05, 4.69) is 35.0 Å². The van der Waals surface area contributed by atoms with Gasteiger partial charge in [0, 0.05) is 12.1 Å². The van der Waals surface area contributed by atoms with Gasteiger partial charge in [0.2, 0.25) is 0 Å². The van der Waals surface area contributed by atoms with Crippen molar-refractivity contribution in [2.45, 2.75) is 19.9 Å². The van der Waals surface area contributed by atoms with Crippen molar-refractivity contribution in [1.82, 2.24) is 5.32 Å². The van der Waals surface area contributed by atoms with Gasteiger partial charge in [-0.15, -0.1) is 0 Å². The highest BCUT2D eigenvalue weighted by Gasteiger charge is 1.94. The summed E-state index contributed by atoms with van der Waals surface area (Å²) in [6.07, 6.45) is 5.05. The van der Waals surface area contributed by atoms with E-state index in [-0.39, 0.29) is 0 Å². The Morgan fingerprint density at radius 1 is 1.55 bits per heavy atom. The minimum Gasteiger partial charge on any atom is -0.368 e. The van der Waals surface area contributed by atoms with Gasteiger partial charge < -0.3 is 5.32 Å². The van der Waals surface area contributed by atoms with Gasteiger partial charge in [-0.05, 0) is 25.8 Å². The van der Waals surface area contributed by atoms with Crippen LogP contribution >= 0.6 is 0 Å². The van der Waals surface area contributed by atoms with Crippen molar-refractivity contribution in [3.8, 4) is 0 Å². The normalized spacial score (nSPS) is 15.0. The molecule has 1 heterocycles. The lowest BCUT2D eigenvalue weighted by molar-refractivity contribution is 0.664. The largest absolute Gasteiger partial charge is 0.368 e. The predicted octanol–water partition coefficient (Wildman–Crippen LogP) is 1.09. The molecule has 0 radical (unpaired) electrons. The molecule has 58 valence electrons. The molecular formula is C8H11N3. The van der Waals surface area contributed by atoms with Crippen LogP contribution in [0.25, 0.3) is 0 Å². The quantitative estimate of drug-likeness (QED) is 0.627. The second kappa shape index (κ2) is 3.74. The van der Waals surface area contributed by atoms with E-state index in [4.69, 9.17) is 0 Å². The highest BCUT2D eigenvalue weighted by molar-refractivity contribution is 5.72. The molecule has 11 heavy (non-hydrogen) atoms. The van der Waals surface area contributed by atoms with Crippen LogP contribution in [0, 0.1) is 0 Å². The lowest BCUT2D eigenvalue weighted by Gasteiger charge is -2.07. The van der Waals surface area contributed by atoms with Crippen LogP contribution in [0.3, 0.4) is 0 Å². The van der Waals surface area contributed by atoms with E-state index in [1.807, 2.05) is 6.08 Å². The minimum absolute atomic E-state index is 0.393. The first-order chi connectivity index (χ1) is 5.29. The second-order valence-corrected chi connectivity index (χ2v) is 2.52. The Kier molecular flexibility index (Phi) is 2.64. The van der Waals surface area contributed by atoms with E-state index < -0.39 is 0 Å². The molecule has 0 aromatic carbocycles. The summed E-state index contributed by atoms with van der Waals surface area (Å²) in [6, 6.07) is 0.393. The zero-order valence-electron chi connectivity index (χ0n) is 6.70. The Morgan fingerprint density at radius 3 is 3.09 bits per heavy atom. The summed E-state index contributed by atoms with van der Waals surface area (Å²) < 4.78 is 0. The van der Waals surface area contributed by atoms with Crippen LogP contribution in [0.2, 0.25) is 0 Å². The lowest BCUT2D eigenvalue weighted by Crippen LogP contribution is -2.20. The van der Waals surface area contributed by atoms with Gasteiger partial charge in [-0.1, -0.05) is 0 Å². The molecule has 0 spiro atoms. The maximum absolute atomic E-state index is 4.03. The molecule has 0 aliphatic carbocycles. The van der Waals surface area contributed by atoms with E-state index in [1.165, 1.54) is 6.34 Å². The molecule has 1 aliphatic rings. The lowest BCUT2D eigenvalue weighted by atomic mass is 10.4. The molecule has 1 N–H and O–H groups in total. The number of nitrogens with zero attached hydrogens (tertiary/aromatic N) is 2. The highest BCUT2D eigenvalue weighted by atomic mass is 15.1. The van der Waals surface area contributed by atoms with Crippen LogP contribution in [-0.2, 0) is 0 Å². The fourth-order valence-corrected chi connectivity index (χ4v) is 0.708. The molecule has 0 saturated heterocycles. The molecule has 0 unspecified atom stereocenters. The number of aliphatic imine (C=N–C) groups is 2. The molecule has 0 amide bonds. The first-order valence-corrected chi connectivity index (χ1v) is 3.57. The third-order valence-electron chi connectivity index (χ3n) is 1.08. The molecule has 0 fully saturated rings. The summed E-state index contributed by atoms with van der Waals surface area (Å²) in [4.78, 5) is 7.77. The number of rotatable bonds is 2. The van der Waals surface area contributed by atoms with Gasteiger partial charge in [0.05, 0.1) is 0 Å². The molecule has 0 aromatic rings. The second-order valence-electron chi connectivity index (χ2n) is 2.52. The molecule has 0 atom stereocenters. The molecule has 0 bridgehead atoms. The number of hydrogen-bond donors (Lipinski definition) is 1. The van der Waals surface area contributed by atoms with Gasteiger partial charge in [0.15, 0.2) is 0 Å². The molecular weight excluding hydrogens is 138 g/mol. The Morgan fingerprint density at radius 2 is 2.36 bits per heavy atom. The van der Waals surface area contributed by atoms with Crippen molar-refractivity contribution in [2.24, 2.45) is 9.98 Å². The van der Waals surface area contributed by atoms with Crippen molar-refractivity contribution in [3.63, 3.8) is 0 Å². The summed E-state index contributed by atoms with van der Waals surface area (Å²) in [5.74, 6) is 3.51. The maximum Gasteiger partial charge on any atom is 0.128 e. The van der Waals surface area contributed by atoms with Gasteiger partial charge in [-0.3, -0.25) is 0 Å². The Labute approximate surface area is 66.2 Å². The molecule has 1 aliphatic heterocycles. The van der Waals surface area contributed by atoms with E-state index in [1.54, 1.807) is 6.08 Å². The third-order valence-corrected chi connectivity index (χ3v) is 1.08. The minimum atomic E-state index is 0.393. The summed E-state index contributed by atoms with van der Waals surface area (Å²) in [5.41, 5.74) is 0.